The van der Waals surface area contributed by atoms with Crippen LogP contribution >= 0.6 is 0 Å². The van der Waals surface area contributed by atoms with E-state index in [4.69, 9.17) is 4.74 Å². The van der Waals surface area contributed by atoms with E-state index in [9.17, 15) is 9.90 Å². The van der Waals surface area contributed by atoms with Crippen LogP contribution in [0.25, 0.3) is 0 Å². The number of methoxy groups -OCH3 is 1. The van der Waals surface area contributed by atoms with Gasteiger partial charge in [-0.2, -0.15) is 0 Å². The maximum absolute atomic E-state index is 12.4. The highest BCUT2D eigenvalue weighted by molar-refractivity contribution is 5.88. The summed E-state index contributed by atoms with van der Waals surface area (Å²) in [6.45, 7) is 2.01. The van der Waals surface area contributed by atoms with Gasteiger partial charge in [-0.15, -0.1) is 0 Å². The number of hydrogen-bond acceptors (Lipinski definition) is 3. The van der Waals surface area contributed by atoms with E-state index in [1.54, 1.807) is 7.11 Å². The average Bonchev–Trinajstić information content (AvgIpc) is 2.84. The summed E-state index contributed by atoms with van der Waals surface area (Å²) in [6.07, 6.45) is 4.02. The second kappa shape index (κ2) is 4.82. The van der Waals surface area contributed by atoms with Crippen LogP contribution in [0.15, 0.2) is 18.2 Å². The number of rotatable bonds is 1. The Kier molecular flexibility index (Phi) is 3.12. The zero-order valence-electron chi connectivity index (χ0n) is 13.3. The van der Waals surface area contributed by atoms with Crippen LogP contribution in [0.2, 0.25) is 0 Å². The molecule has 0 radical (unpaired) electrons. The highest BCUT2D eigenvalue weighted by atomic mass is 16.5. The summed E-state index contributed by atoms with van der Waals surface area (Å²) < 4.78 is 5.34. The molecule has 4 rings (SSSR count). The topological polar surface area (TPSA) is 46.5 Å². The van der Waals surface area contributed by atoms with E-state index in [2.05, 4.69) is 12.1 Å². The van der Waals surface area contributed by atoms with Crippen LogP contribution in [0.3, 0.4) is 0 Å². The Morgan fingerprint density at radius 1 is 1.27 bits per heavy atom. The molecule has 0 spiro atoms. The standard InChI is InChI=1S/C19H24O3/c1-19-16(7-8-17(19)20)14-5-3-11-9-12(22-2)4-6-13(11)15(14)10-18(19)21/h4,6,9,14-16,18,21H,3,5,7-8,10H2,1-2H3/t14-,15-,16+,18-,19-/m1/s1. The Morgan fingerprint density at radius 3 is 2.86 bits per heavy atom. The van der Waals surface area contributed by atoms with Crippen molar-refractivity contribution in [2.45, 2.75) is 51.0 Å². The lowest BCUT2D eigenvalue weighted by atomic mass is 9.54. The molecule has 0 heterocycles. The number of aliphatic hydroxyl groups is 1. The Hall–Kier alpha value is -1.35. The number of Topliss-reactive ketones (excluding diaryl/α,β-unsaturated/α-hetero) is 1. The maximum Gasteiger partial charge on any atom is 0.141 e. The summed E-state index contributed by atoms with van der Waals surface area (Å²) in [4.78, 5) is 12.4. The summed E-state index contributed by atoms with van der Waals surface area (Å²) in [5.74, 6) is 2.48. The average molecular weight is 300 g/mol. The molecule has 118 valence electrons. The number of fused-ring (bicyclic) bond motifs is 5. The van der Waals surface area contributed by atoms with Gasteiger partial charge in [0, 0.05) is 6.42 Å². The van der Waals surface area contributed by atoms with Crippen LogP contribution in [-0.4, -0.2) is 24.1 Å². The van der Waals surface area contributed by atoms with E-state index in [1.165, 1.54) is 11.1 Å². The van der Waals surface area contributed by atoms with E-state index < -0.39 is 11.5 Å². The molecular weight excluding hydrogens is 276 g/mol. The van der Waals surface area contributed by atoms with Gasteiger partial charge in [0.1, 0.15) is 11.5 Å². The lowest BCUT2D eigenvalue weighted by molar-refractivity contribution is -0.140. The Balaban J connectivity index is 1.74. The van der Waals surface area contributed by atoms with Gasteiger partial charge in [-0.3, -0.25) is 4.79 Å². The number of benzene rings is 1. The second-order valence-electron chi connectivity index (χ2n) is 7.48. The van der Waals surface area contributed by atoms with Crippen LogP contribution in [-0.2, 0) is 11.2 Å². The molecule has 5 atom stereocenters. The van der Waals surface area contributed by atoms with Crippen LogP contribution < -0.4 is 4.74 Å². The van der Waals surface area contributed by atoms with Gasteiger partial charge in [-0.05, 0) is 73.6 Å². The minimum atomic E-state index is -0.498. The summed E-state index contributed by atoms with van der Waals surface area (Å²) in [5.41, 5.74) is 2.24. The van der Waals surface area contributed by atoms with Crippen molar-refractivity contribution in [3.63, 3.8) is 0 Å². The molecule has 1 aromatic carbocycles. The fourth-order valence-corrected chi connectivity index (χ4v) is 5.46. The number of carbonyl (C=O) groups excluding carboxylic acids is 1. The predicted molar refractivity (Wildman–Crippen MR) is 84.0 cm³/mol. The first-order valence-electron chi connectivity index (χ1n) is 8.44. The highest BCUT2D eigenvalue weighted by Gasteiger charge is 2.59. The lowest BCUT2D eigenvalue weighted by Crippen LogP contribution is -2.51. The van der Waals surface area contributed by atoms with Gasteiger partial charge in [-0.25, -0.2) is 0 Å². The fraction of sp³-hybridized carbons (Fsp3) is 0.632. The number of hydrogen-bond donors (Lipinski definition) is 1. The second-order valence-corrected chi connectivity index (χ2v) is 7.48. The number of ether oxygens (including phenoxy) is 1. The zero-order valence-corrected chi connectivity index (χ0v) is 13.3. The predicted octanol–water partition coefficient (Wildman–Crippen LogP) is 3.09. The summed E-state index contributed by atoms with van der Waals surface area (Å²) in [6, 6.07) is 6.35. The molecule has 2 saturated carbocycles. The van der Waals surface area contributed by atoms with Gasteiger partial charge in [0.25, 0.3) is 0 Å². The normalized spacial score (nSPS) is 39.9. The number of carbonyl (C=O) groups is 1. The third-order valence-corrected chi connectivity index (χ3v) is 6.75. The van der Waals surface area contributed by atoms with E-state index in [0.717, 1.165) is 31.4 Å². The Bertz CT molecular complexity index is 623. The van der Waals surface area contributed by atoms with Crippen LogP contribution in [0.1, 0.15) is 49.7 Å². The lowest BCUT2D eigenvalue weighted by Gasteiger charge is -2.50. The molecule has 0 aliphatic heterocycles. The molecule has 3 aliphatic carbocycles. The van der Waals surface area contributed by atoms with Crippen LogP contribution in [0.4, 0.5) is 0 Å². The highest BCUT2D eigenvalue weighted by Crippen LogP contribution is 2.59. The molecule has 0 aromatic heterocycles. The van der Waals surface area contributed by atoms with Gasteiger partial charge >= 0.3 is 0 Å². The zero-order chi connectivity index (χ0) is 15.5. The fourth-order valence-electron chi connectivity index (χ4n) is 5.46. The first kappa shape index (κ1) is 14.3. The summed E-state index contributed by atoms with van der Waals surface area (Å²) in [5, 5.41) is 10.7. The molecular formula is C19H24O3. The van der Waals surface area contributed by atoms with Crippen molar-refractivity contribution in [3.8, 4) is 5.75 Å². The van der Waals surface area contributed by atoms with Crippen LogP contribution in [0, 0.1) is 17.3 Å². The van der Waals surface area contributed by atoms with Crippen molar-refractivity contribution in [2.75, 3.05) is 7.11 Å². The largest absolute Gasteiger partial charge is 0.497 e. The minimum absolute atomic E-state index is 0.281. The summed E-state index contributed by atoms with van der Waals surface area (Å²) >= 11 is 0. The SMILES string of the molecule is COc1ccc2c(c1)CC[C@@H]1[C@@H]2C[C@@H](O)[C@@]2(C)C(=O)CC[C@@H]12. The van der Waals surface area contributed by atoms with Crippen LogP contribution in [0.5, 0.6) is 5.75 Å². The van der Waals surface area contributed by atoms with Crippen molar-refractivity contribution in [3.05, 3.63) is 29.3 Å². The molecule has 0 saturated heterocycles. The Labute approximate surface area is 131 Å². The first-order valence-corrected chi connectivity index (χ1v) is 8.44. The maximum atomic E-state index is 12.4. The van der Waals surface area contributed by atoms with Gasteiger partial charge in [0.05, 0.1) is 18.6 Å². The number of aryl methyl sites for hydroxylation is 1. The van der Waals surface area contributed by atoms with Gasteiger partial charge in [-0.1, -0.05) is 6.07 Å². The van der Waals surface area contributed by atoms with Gasteiger partial charge < -0.3 is 9.84 Å². The molecule has 1 N–H and O–H groups in total. The minimum Gasteiger partial charge on any atom is -0.497 e. The third kappa shape index (κ3) is 1.75. The van der Waals surface area contributed by atoms with E-state index in [-0.39, 0.29) is 5.78 Å². The molecule has 2 fully saturated rings. The Morgan fingerprint density at radius 2 is 2.09 bits per heavy atom. The molecule has 3 nitrogen and oxygen atoms in total. The van der Waals surface area contributed by atoms with Crippen molar-refractivity contribution in [1.29, 1.82) is 0 Å². The van der Waals surface area contributed by atoms with Crippen molar-refractivity contribution < 1.29 is 14.6 Å². The van der Waals surface area contributed by atoms with Crippen molar-refractivity contribution in [1.82, 2.24) is 0 Å². The molecule has 0 bridgehead atoms. The molecule has 3 aliphatic rings. The van der Waals surface area contributed by atoms with E-state index in [0.29, 0.717) is 24.2 Å². The number of ketones is 1. The van der Waals surface area contributed by atoms with Gasteiger partial charge in [0.15, 0.2) is 0 Å². The van der Waals surface area contributed by atoms with Crippen molar-refractivity contribution >= 4 is 5.78 Å². The first-order chi connectivity index (χ1) is 10.6. The molecule has 0 unspecified atom stereocenters. The molecule has 22 heavy (non-hydrogen) atoms. The quantitative estimate of drug-likeness (QED) is 0.867. The van der Waals surface area contributed by atoms with Crippen molar-refractivity contribution in [2.24, 2.45) is 17.3 Å². The molecule has 0 amide bonds. The van der Waals surface area contributed by atoms with Gasteiger partial charge in [0.2, 0.25) is 0 Å². The number of aliphatic hydroxyl groups excluding tert-OH is 1. The monoisotopic (exact) mass is 300 g/mol. The van der Waals surface area contributed by atoms with E-state index >= 15 is 0 Å². The molecule has 1 aromatic rings. The summed E-state index contributed by atoms with van der Waals surface area (Å²) in [7, 11) is 1.70. The smallest absolute Gasteiger partial charge is 0.141 e. The van der Waals surface area contributed by atoms with E-state index in [1.807, 2.05) is 13.0 Å². The third-order valence-electron chi connectivity index (χ3n) is 6.75. The molecule has 3 heteroatoms.